The molecule has 0 aliphatic carbocycles. The van der Waals surface area contributed by atoms with Crippen molar-refractivity contribution in [2.24, 2.45) is 0 Å². The van der Waals surface area contributed by atoms with Gasteiger partial charge in [-0.25, -0.2) is 9.97 Å². The van der Waals surface area contributed by atoms with Gasteiger partial charge in [0.05, 0.1) is 5.69 Å². The maximum atomic E-state index is 12.7. The smallest absolute Gasteiger partial charge is 0.227 e. The molecule has 3 heterocycles. The molecule has 0 saturated heterocycles. The molecule has 0 atom stereocenters. The average molecular weight is 426 g/mol. The lowest BCUT2D eigenvalue weighted by Gasteiger charge is -2.30. The zero-order valence-electron chi connectivity index (χ0n) is 17.1. The number of anilines is 1. The minimum Gasteiger partial charge on any atom is -0.310 e. The van der Waals surface area contributed by atoms with Crippen LogP contribution in [0.25, 0.3) is 21.8 Å². The van der Waals surface area contributed by atoms with Crippen molar-refractivity contribution in [1.29, 1.82) is 0 Å². The maximum Gasteiger partial charge on any atom is 0.227 e. The van der Waals surface area contributed by atoms with Gasteiger partial charge in [0.15, 0.2) is 0 Å². The van der Waals surface area contributed by atoms with E-state index in [1.807, 2.05) is 17.0 Å². The number of thiazole rings is 1. The standard InChI is InChI=1S/C23H24ClN3OS/c1-14(2)27-19-6-5-15(11-17(19)23(3,4)9-7-21(27)28)18-13-29-22(26-18)16-8-10-25-20(24)12-16/h5-6,8,10-14H,7,9H2,1-4H3. The molecule has 1 amide bonds. The predicted molar refractivity (Wildman–Crippen MR) is 121 cm³/mol. The molecular formula is C23H24ClN3OS. The lowest BCUT2D eigenvalue weighted by atomic mass is 9.79. The molecule has 4 nitrogen and oxygen atoms in total. The average Bonchev–Trinajstić information content (AvgIpc) is 3.13. The fraction of sp³-hybridized carbons (Fsp3) is 0.348. The summed E-state index contributed by atoms with van der Waals surface area (Å²) in [5.41, 5.74) is 5.11. The van der Waals surface area contributed by atoms with Gasteiger partial charge < -0.3 is 4.90 Å². The first-order valence-corrected chi connectivity index (χ1v) is 11.1. The van der Waals surface area contributed by atoms with Crippen molar-refractivity contribution in [3.05, 3.63) is 52.6 Å². The van der Waals surface area contributed by atoms with E-state index in [1.165, 1.54) is 5.56 Å². The van der Waals surface area contributed by atoms with E-state index in [0.717, 1.165) is 33.9 Å². The molecule has 0 N–H and O–H groups in total. The van der Waals surface area contributed by atoms with Gasteiger partial charge in [-0.1, -0.05) is 31.5 Å². The van der Waals surface area contributed by atoms with Gasteiger partial charge in [0.25, 0.3) is 0 Å². The van der Waals surface area contributed by atoms with E-state index in [0.29, 0.717) is 11.6 Å². The second kappa shape index (κ2) is 7.54. The van der Waals surface area contributed by atoms with E-state index in [2.05, 4.69) is 56.3 Å². The fourth-order valence-corrected chi connectivity index (χ4v) is 4.90. The summed E-state index contributed by atoms with van der Waals surface area (Å²) in [5, 5.41) is 3.45. The highest BCUT2D eigenvalue weighted by Crippen LogP contribution is 2.42. The first-order valence-electron chi connectivity index (χ1n) is 9.81. The molecule has 1 aliphatic rings. The second-order valence-electron chi connectivity index (χ2n) is 8.38. The second-order valence-corrected chi connectivity index (χ2v) is 9.62. The van der Waals surface area contributed by atoms with E-state index in [4.69, 9.17) is 16.6 Å². The molecule has 29 heavy (non-hydrogen) atoms. The molecule has 150 valence electrons. The van der Waals surface area contributed by atoms with Crippen LogP contribution in [0.5, 0.6) is 0 Å². The Kier molecular flexibility index (Phi) is 5.21. The lowest BCUT2D eigenvalue weighted by molar-refractivity contribution is -0.119. The third-order valence-electron chi connectivity index (χ3n) is 5.51. The van der Waals surface area contributed by atoms with Crippen molar-refractivity contribution in [3.63, 3.8) is 0 Å². The van der Waals surface area contributed by atoms with Gasteiger partial charge in [-0.2, -0.15) is 0 Å². The monoisotopic (exact) mass is 425 g/mol. The third kappa shape index (κ3) is 3.81. The van der Waals surface area contributed by atoms with Crippen LogP contribution >= 0.6 is 22.9 Å². The molecule has 1 aliphatic heterocycles. The normalized spacial score (nSPS) is 16.1. The van der Waals surface area contributed by atoms with E-state index in [1.54, 1.807) is 17.5 Å². The van der Waals surface area contributed by atoms with Gasteiger partial charge in [0.1, 0.15) is 10.2 Å². The molecule has 2 aromatic heterocycles. The van der Waals surface area contributed by atoms with Crippen LogP contribution in [0.4, 0.5) is 5.69 Å². The van der Waals surface area contributed by atoms with Crippen LogP contribution in [0.1, 0.15) is 46.1 Å². The fourth-order valence-electron chi connectivity index (χ4n) is 3.90. The maximum absolute atomic E-state index is 12.7. The highest BCUT2D eigenvalue weighted by atomic mass is 35.5. The summed E-state index contributed by atoms with van der Waals surface area (Å²) in [6.45, 7) is 8.58. The summed E-state index contributed by atoms with van der Waals surface area (Å²) in [7, 11) is 0. The number of halogens is 1. The minimum absolute atomic E-state index is 0.0812. The SMILES string of the molecule is CC(C)N1C(=O)CCC(C)(C)c2cc(-c3csc(-c4ccnc(Cl)c4)n3)ccc21. The summed E-state index contributed by atoms with van der Waals surface area (Å²) < 4.78 is 0. The Hall–Kier alpha value is -2.24. The lowest BCUT2D eigenvalue weighted by Crippen LogP contribution is -2.36. The van der Waals surface area contributed by atoms with Gasteiger partial charge in [0, 0.05) is 40.9 Å². The number of fused-ring (bicyclic) bond motifs is 1. The Labute approximate surface area is 180 Å². The van der Waals surface area contributed by atoms with Crippen LogP contribution in [-0.4, -0.2) is 21.9 Å². The Balaban J connectivity index is 1.78. The molecule has 0 spiro atoms. The quantitative estimate of drug-likeness (QED) is 0.460. The molecule has 6 heteroatoms. The molecule has 0 unspecified atom stereocenters. The van der Waals surface area contributed by atoms with Crippen LogP contribution in [0, 0.1) is 0 Å². The van der Waals surface area contributed by atoms with E-state index >= 15 is 0 Å². The topological polar surface area (TPSA) is 46.1 Å². The molecule has 4 rings (SSSR count). The zero-order chi connectivity index (χ0) is 20.8. The van der Waals surface area contributed by atoms with Gasteiger partial charge in [0.2, 0.25) is 5.91 Å². The van der Waals surface area contributed by atoms with Crippen molar-refractivity contribution in [3.8, 4) is 21.8 Å². The summed E-state index contributed by atoms with van der Waals surface area (Å²) in [5.74, 6) is 0.199. The number of hydrogen-bond acceptors (Lipinski definition) is 4. The highest BCUT2D eigenvalue weighted by Gasteiger charge is 2.34. The molecule has 1 aromatic carbocycles. The van der Waals surface area contributed by atoms with Crippen LogP contribution in [0.2, 0.25) is 5.15 Å². The van der Waals surface area contributed by atoms with Crippen LogP contribution in [-0.2, 0) is 10.2 Å². The third-order valence-corrected chi connectivity index (χ3v) is 6.61. The van der Waals surface area contributed by atoms with Crippen LogP contribution in [0.15, 0.2) is 41.9 Å². The minimum atomic E-state index is -0.0812. The number of carbonyl (C=O) groups is 1. The number of carbonyl (C=O) groups excluding carboxylic acids is 1. The molecule has 0 bridgehead atoms. The van der Waals surface area contributed by atoms with Gasteiger partial charge in [-0.05, 0) is 55.5 Å². The Morgan fingerprint density at radius 1 is 1.17 bits per heavy atom. The van der Waals surface area contributed by atoms with Crippen LogP contribution in [0.3, 0.4) is 0 Å². The van der Waals surface area contributed by atoms with Gasteiger partial charge >= 0.3 is 0 Å². The van der Waals surface area contributed by atoms with E-state index < -0.39 is 0 Å². The molecule has 0 saturated carbocycles. The number of pyridine rings is 1. The number of amides is 1. The molecule has 0 radical (unpaired) electrons. The van der Waals surface area contributed by atoms with Gasteiger partial charge in [-0.3, -0.25) is 4.79 Å². The summed E-state index contributed by atoms with van der Waals surface area (Å²) in [4.78, 5) is 23.6. The molecule has 3 aromatic rings. The van der Waals surface area contributed by atoms with Crippen molar-refractivity contribution in [1.82, 2.24) is 9.97 Å². The Morgan fingerprint density at radius 3 is 2.69 bits per heavy atom. The molecular weight excluding hydrogens is 402 g/mol. The largest absolute Gasteiger partial charge is 0.310 e. The van der Waals surface area contributed by atoms with Crippen LogP contribution < -0.4 is 4.90 Å². The zero-order valence-corrected chi connectivity index (χ0v) is 18.6. The predicted octanol–water partition coefficient (Wildman–Crippen LogP) is 6.34. The van der Waals surface area contributed by atoms with Gasteiger partial charge in [-0.15, -0.1) is 11.3 Å². The van der Waals surface area contributed by atoms with Crippen molar-refractivity contribution < 1.29 is 4.79 Å². The Morgan fingerprint density at radius 2 is 1.97 bits per heavy atom. The summed E-state index contributed by atoms with van der Waals surface area (Å²) >= 11 is 7.62. The number of nitrogens with zero attached hydrogens (tertiary/aromatic N) is 3. The highest BCUT2D eigenvalue weighted by molar-refractivity contribution is 7.13. The number of aromatic nitrogens is 2. The van der Waals surface area contributed by atoms with Crippen molar-refractivity contribution in [2.75, 3.05) is 4.90 Å². The van der Waals surface area contributed by atoms with E-state index in [-0.39, 0.29) is 17.4 Å². The van der Waals surface area contributed by atoms with E-state index in [9.17, 15) is 4.79 Å². The summed E-state index contributed by atoms with van der Waals surface area (Å²) in [6, 6.07) is 10.2. The molecule has 0 fully saturated rings. The summed E-state index contributed by atoms with van der Waals surface area (Å²) in [6.07, 6.45) is 3.10. The van der Waals surface area contributed by atoms with Crippen molar-refractivity contribution >= 4 is 34.5 Å². The number of hydrogen-bond donors (Lipinski definition) is 0. The first-order chi connectivity index (χ1) is 13.8. The number of rotatable bonds is 3. The first kappa shape index (κ1) is 20.0. The van der Waals surface area contributed by atoms with Crippen molar-refractivity contribution in [2.45, 2.75) is 52.0 Å². The Bertz CT molecular complexity index is 1070. The number of benzene rings is 1.